The van der Waals surface area contributed by atoms with Gasteiger partial charge in [-0.1, -0.05) is 29.4 Å². The molecule has 1 aromatic carbocycles. The number of nitrogens with zero attached hydrogens (tertiary/aromatic N) is 4. The number of benzene rings is 1. The minimum atomic E-state index is -1.36. The van der Waals surface area contributed by atoms with Gasteiger partial charge in [-0.25, -0.2) is 4.99 Å². The Hall–Kier alpha value is -2.33. The van der Waals surface area contributed by atoms with Crippen LogP contribution in [0.25, 0.3) is 0 Å². The average molecular weight is 376 g/mol. The standard InChI is InChI=1S/C15H10ClN5O3S/c16-9-2-1-8(5-10(9)21(22)23)11-13(6-17)12(19)20-15(14(11,13)7-18)24-3-4-25-15/h1-2,5,11H,3-4H2,(H2,19,20)/t11-,13+,14+,15+/m0/s1. The monoisotopic (exact) mass is 375 g/mol. The molecule has 1 spiro atoms. The van der Waals surface area contributed by atoms with Crippen LogP contribution in [0.5, 0.6) is 0 Å². The summed E-state index contributed by atoms with van der Waals surface area (Å²) in [6.07, 6.45) is 0. The molecule has 4 rings (SSSR count). The van der Waals surface area contributed by atoms with Gasteiger partial charge in [0.15, 0.2) is 5.41 Å². The van der Waals surface area contributed by atoms with Crippen molar-refractivity contribution in [3.63, 3.8) is 0 Å². The highest BCUT2D eigenvalue weighted by molar-refractivity contribution is 8.00. The number of nitro benzene ring substituents is 1. The van der Waals surface area contributed by atoms with Gasteiger partial charge < -0.3 is 10.5 Å². The van der Waals surface area contributed by atoms with Crippen LogP contribution in [-0.2, 0) is 4.74 Å². The lowest BCUT2D eigenvalue weighted by Crippen LogP contribution is -2.34. The van der Waals surface area contributed by atoms with Crippen molar-refractivity contribution in [1.29, 1.82) is 10.5 Å². The predicted octanol–water partition coefficient (Wildman–Crippen LogP) is 2.15. The van der Waals surface area contributed by atoms with Gasteiger partial charge in [0.2, 0.25) is 5.06 Å². The molecule has 10 heteroatoms. The van der Waals surface area contributed by atoms with E-state index in [0.29, 0.717) is 17.9 Å². The van der Waals surface area contributed by atoms with Crippen LogP contribution >= 0.6 is 23.4 Å². The Morgan fingerprint density at radius 3 is 2.80 bits per heavy atom. The first kappa shape index (κ1) is 16.2. The zero-order valence-corrected chi connectivity index (χ0v) is 14.2. The fourth-order valence-corrected chi connectivity index (χ4v) is 5.58. The summed E-state index contributed by atoms with van der Waals surface area (Å²) < 4.78 is 5.76. The van der Waals surface area contributed by atoms with E-state index < -0.39 is 26.7 Å². The Kier molecular flexibility index (Phi) is 3.14. The Morgan fingerprint density at radius 1 is 1.48 bits per heavy atom. The molecule has 2 heterocycles. The first-order valence-corrected chi connectivity index (χ1v) is 8.66. The van der Waals surface area contributed by atoms with Crippen LogP contribution < -0.4 is 5.73 Å². The molecule has 126 valence electrons. The average Bonchev–Trinajstić information content (AvgIpc) is 2.83. The normalized spacial score (nSPS) is 37.9. The number of nitriles is 2. The second-order valence-electron chi connectivity index (χ2n) is 6.02. The Labute approximate surface area is 151 Å². The topological polar surface area (TPSA) is 138 Å². The predicted molar refractivity (Wildman–Crippen MR) is 89.7 cm³/mol. The molecule has 25 heavy (non-hydrogen) atoms. The molecule has 0 aromatic heterocycles. The van der Waals surface area contributed by atoms with Gasteiger partial charge in [0.05, 0.1) is 23.7 Å². The zero-order valence-electron chi connectivity index (χ0n) is 12.6. The lowest BCUT2D eigenvalue weighted by Gasteiger charge is -2.26. The maximum absolute atomic E-state index is 11.2. The van der Waals surface area contributed by atoms with E-state index in [1.165, 1.54) is 23.9 Å². The van der Waals surface area contributed by atoms with Gasteiger partial charge in [-0.3, -0.25) is 10.1 Å². The molecule has 3 aliphatic rings. The number of halogens is 1. The van der Waals surface area contributed by atoms with Gasteiger partial charge in [0.25, 0.3) is 5.69 Å². The summed E-state index contributed by atoms with van der Waals surface area (Å²) in [5, 5.41) is 29.8. The summed E-state index contributed by atoms with van der Waals surface area (Å²) >= 11 is 7.21. The number of fused-ring (bicyclic) bond motifs is 2. The number of rotatable bonds is 2. The first-order chi connectivity index (χ1) is 11.9. The van der Waals surface area contributed by atoms with E-state index in [1.54, 1.807) is 6.07 Å². The highest BCUT2D eigenvalue weighted by Crippen LogP contribution is 2.84. The van der Waals surface area contributed by atoms with E-state index in [-0.39, 0.29) is 16.5 Å². The fraction of sp³-hybridized carbons (Fsp3) is 0.400. The lowest BCUT2D eigenvalue weighted by atomic mass is 9.95. The molecule has 1 saturated heterocycles. The van der Waals surface area contributed by atoms with Crippen LogP contribution in [0.2, 0.25) is 5.02 Å². The number of hydrogen-bond acceptors (Lipinski definition) is 8. The largest absolute Gasteiger partial charge is 0.386 e. The highest BCUT2D eigenvalue weighted by atomic mass is 35.5. The van der Waals surface area contributed by atoms with E-state index in [9.17, 15) is 20.6 Å². The summed E-state index contributed by atoms with van der Waals surface area (Å²) in [6, 6.07) is 8.63. The van der Waals surface area contributed by atoms with Gasteiger partial charge in [-0.05, 0) is 11.6 Å². The summed E-state index contributed by atoms with van der Waals surface area (Å²) in [7, 11) is 0. The van der Waals surface area contributed by atoms with Crippen LogP contribution in [-0.4, -0.2) is 28.2 Å². The van der Waals surface area contributed by atoms with E-state index in [4.69, 9.17) is 22.1 Å². The second kappa shape index (κ2) is 4.85. The van der Waals surface area contributed by atoms with Crippen molar-refractivity contribution in [2.45, 2.75) is 11.0 Å². The third-order valence-corrected chi connectivity index (χ3v) is 6.72. The molecule has 2 fully saturated rings. The molecule has 1 aromatic rings. The number of aliphatic imine (C=N–C) groups is 1. The Bertz CT molecular complexity index is 932. The third kappa shape index (κ3) is 1.59. The second-order valence-corrected chi connectivity index (χ2v) is 7.67. The van der Waals surface area contributed by atoms with Crippen molar-refractivity contribution in [1.82, 2.24) is 0 Å². The van der Waals surface area contributed by atoms with Crippen molar-refractivity contribution in [3.05, 3.63) is 38.9 Å². The Balaban J connectivity index is 1.92. The SMILES string of the molecule is N#C[C@@]12[C@@H](c3ccc(Cl)c([N+](=O)[O-])c3)[C@]1(C#N)C(N)=N[C@@]21OCCS1. The van der Waals surface area contributed by atoms with Gasteiger partial charge in [-0.15, -0.1) is 0 Å². The van der Waals surface area contributed by atoms with Crippen LogP contribution in [0.4, 0.5) is 5.69 Å². The molecular weight excluding hydrogens is 366 g/mol. The molecule has 1 saturated carbocycles. The molecule has 8 nitrogen and oxygen atoms in total. The van der Waals surface area contributed by atoms with Crippen molar-refractivity contribution >= 4 is 34.9 Å². The molecule has 0 unspecified atom stereocenters. The van der Waals surface area contributed by atoms with E-state index in [1.807, 2.05) is 0 Å². The molecule has 0 amide bonds. The fourth-order valence-electron chi connectivity index (χ4n) is 4.07. The van der Waals surface area contributed by atoms with E-state index >= 15 is 0 Å². The van der Waals surface area contributed by atoms with Gasteiger partial charge in [0.1, 0.15) is 16.3 Å². The quantitative estimate of drug-likeness (QED) is 0.617. The number of ether oxygens (including phenoxy) is 1. The number of nitro groups is 1. The molecule has 0 bridgehead atoms. The van der Waals surface area contributed by atoms with Crippen LogP contribution in [0.1, 0.15) is 11.5 Å². The van der Waals surface area contributed by atoms with Crippen molar-refractivity contribution in [2.75, 3.05) is 12.4 Å². The summed E-state index contributed by atoms with van der Waals surface area (Å²) in [5.41, 5.74) is 3.55. The van der Waals surface area contributed by atoms with Crippen molar-refractivity contribution in [2.24, 2.45) is 21.6 Å². The lowest BCUT2D eigenvalue weighted by molar-refractivity contribution is -0.384. The minimum Gasteiger partial charge on any atom is -0.386 e. The van der Waals surface area contributed by atoms with Gasteiger partial charge in [-0.2, -0.15) is 10.5 Å². The maximum Gasteiger partial charge on any atom is 0.288 e. The van der Waals surface area contributed by atoms with Gasteiger partial charge >= 0.3 is 0 Å². The van der Waals surface area contributed by atoms with Gasteiger partial charge in [0, 0.05) is 17.7 Å². The van der Waals surface area contributed by atoms with Crippen molar-refractivity contribution in [3.8, 4) is 12.1 Å². The number of amidine groups is 1. The van der Waals surface area contributed by atoms with E-state index in [2.05, 4.69) is 17.1 Å². The minimum absolute atomic E-state index is 0.0144. The molecule has 2 aliphatic heterocycles. The van der Waals surface area contributed by atoms with Crippen LogP contribution in [0.15, 0.2) is 23.2 Å². The highest BCUT2D eigenvalue weighted by Gasteiger charge is 2.93. The molecule has 1 aliphatic carbocycles. The van der Waals surface area contributed by atoms with Crippen molar-refractivity contribution < 1.29 is 9.66 Å². The molecule has 2 N–H and O–H groups in total. The molecule has 0 radical (unpaired) electrons. The first-order valence-electron chi connectivity index (χ1n) is 7.30. The van der Waals surface area contributed by atoms with Crippen LogP contribution in [0, 0.1) is 43.6 Å². The number of hydrogen-bond donors (Lipinski definition) is 1. The summed E-state index contributed by atoms with van der Waals surface area (Å²) in [4.78, 5) is 14.9. The van der Waals surface area contributed by atoms with Crippen LogP contribution in [0.3, 0.4) is 0 Å². The van der Waals surface area contributed by atoms with E-state index in [0.717, 1.165) is 0 Å². The summed E-state index contributed by atoms with van der Waals surface area (Å²) in [5.74, 6) is -0.0162. The molecular formula is C15H10ClN5O3S. The molecule has 4 atom stereocenters. The third-order valence-electron chi connectivity index (χ3n) is 5.11. The maximum atomic E-state index is 11.2. The smallest absolute Gasteiger partial charge is 0.288 e. The number of thioether (sulfide) groups is 1. The summed E-state index contributed by atoms with van der Waals surface area (Å²) in [6.45, 7) is 0.389. The zero-order chi connectivity index (χ0) is 18.0. The Morgan fingerprint density at radius 2 is 2.24 bits per heavy atom. The number of nitrogens with two attached hydrogens (primary N) is 1.